The summed E-state index contributed by atoms with van der Waals surface area (Å²) < 4.78 is 5.32. The number of hydrogen-bond donors (Lipinski definition) is 1. The minimum atomic E-state index is -0.256. The van der Waals surface area contributed by atoms with Crippen LogP contribution >= 0.6 is 23.2 Å². The van der Waals surface area contributed by atoms with Gasteiger partial charge in [0.05, 0.1) is 10.6 Å². The van der Waals surface area contributed by atoms with Gasteiger partial charge in [-0.3, -0.25) is 9.59 Å². The fourth-order valence-corrected chi connectivity index (χ4v) is 2.34. The van der Waals surface area contributed by atoms with E-state index in [9.17, 15) is 9.59 Å². The predicted octanol–water partition coefficient (Wildman–Crippen LogP) is 3.49. The summed E-state index contributed by atoms with van der Waals surface area (Å²) in [6.45, 7) is 3.77. The van der Waals surface area contributed by atoms with Crippen molar-refractivity contribution in [2.75, 3.05) is 6.61 Å². The number of aldehydes is 1. The molecule has 110 valence electrons. The Balaban J connectivity index is 2.66. The molecule has 0 fully saturated rings. The number of nitrogens with one attached hydrogen (secondary N) is 1. The molecule has 0 heterocycles. The van der Waals surface area contributed by atoms with E-state index in [1.165, 1.54) is 12.1 Å². The lowest BCUT2D eigenvalue weighted by Gasteiger charge is -2.14. The fourth-order valence-electron chi connectivity index (χ4n) is 1.78. The summed E-state index contributed by atoms with van der Waals surface area (Å²) in [5, 5.41) is 3.34. The zero-order chi connectivity index (χ0) is 15.1. The van der Waals surface area contributed by atoms with Crippen molar-refractivity contribution in [2.24, 2.45) is 0 Å². The van der Waals surface area contributed by atoms with Gasteiger partial charge in [-0.05, 0) is 25.5 Å². The maximum absolute atomic E-state index is 11.7. The van der Waals surface area contributed by atoms with Crippen LogP contribution in [0.25, 0.3) is 0 Å². The average Bonchev–Trinajstić information content (AvgIpc) is 2.36. The maximum atomic E-state index is 11.7. The molecule has 0 spiro atoms. The minimum absolute atomic E-state index is 0.0855. The van der Waals surface area contributed by atoms with Gasteiger partial charge >= 0.3 is 0 Å². The lowest BCUT2D eigenvalue weighted by Crippen LogP contribution is -2.36. The summed E-state index contributed by atoms with van der Waals surface area (Å²) in [7, 11) is 0. The number of benzene rings is 1. The second-order valence-corrected chi connectivity index (χ2v) is 5.31. The van der Waals surface area contributed by atoms with Gasteiger partial charge < -0.3 is 10.1 Å². The summed E-state index contributed by atoms with van der Waals surface area (Å²) in [5.41, 5.74) is 0.219. The van der Waals surface area contributed by atoms with E-state index in [4.69, 9.17) is 27.9 Å². The Morgan fingerprint density at radius 1 is 1.45 bits per heavy atom. The van der Waals surface area contributed by atoms with Gasteiger partial charge in [-0.25, -0.2) is 0 Å². The molecule has 1 amide bonds. The van der Waals surface area contributed by atoms with E-state index in [1.54, 1.807) is 0 Å². The molecule has 0 saturated heterocycles. The summed E-state index contributed by atoms with van der Waals surface area (Å²) in [6.07, 6.45) is 2.47. The van der Waals surface area contributed by atoms with Crippen molar-refractivity contribution in [3.05, 3.63) is 27.7 Å². The van der Waals surface area contributed by atoms with Crippen molar-refractivity contribution in [3.63, 3.8) is 0 Å². The molecule has 1 rings (SSSR count). The number of amides is 1. The molecule has 0 saturated carbocycles. The van der Waals surface area contributed by atoms with Crippen LogP contribution in [-0.2, 0) is 4.79 Å². The van der Waals surface area contributed by atoms with E-state index < -0.39 is 0 Å². The highest BCUT2D eigenvalue weighted by Gasteiger charge is 2.13. The fraction of sp³-hybridized carbons (Fsp3) is 0.429. The second-order valence-electron chi connectivity index (χ2n) is 4.47. The minimum Gasteiger partial charge on any atom is -0.481 e. The summed E-state index contributed by atoms with van der Waals surface area (Å²) in [6, 6.07) is 2.98. The normalized spacial score (nSPS) is 11.8. The van der Waals surface area contributed by atoms with E-state index in [0.717, 1.165) is 12.8 Å². The molecule has 0 radical (unpaired) electrons. The molecule has 1 aromatic rings. The largest absolute Gasteiger partial charge is 0.481 e. The first kappa shape index (κ1) is 16.8. The Bertz CT molecular complexity index is 492. The molecule has 0 aromatic heterocycles. The van der Waals surface area contributed by atoms with Crippen LogP contribution in [0.4, 0.5) is 0 Å². The molecule has 0 aliphatic heterocycles. The van der Waals surface area contributed by atoms with Crippen molar-refractivity contribution in [1.29, 1.82) is 0 Å². The lowest BCUT2D eigenvalue weighted by molar-refractivity contribution is -0.123. The molecule has 1 N–H and O–H groups in total. The number of ether oxygens (including phenoxy) is 1. The first-order chi connectivity index (χ1) is 9.47. The van der Waals surface area contributed by atoms with Crippen LogP contribution in [-0.4, -0.2) is 24.8 Å². The van der Waals surface area contributed by atoms with Crippen molar-refractivity contribution < 1.29 is 14.3 Å². The highest BCUT2D eigenvalue weighted by atomic mass is 35.5. The van der Waals surface area contributed by atoms with Crippen molar-refractivity contribution in [2.45, 2.75) is 32.7 Å². The van der Waals surface area contributed by atoms with Crippen molar-refractivity contribution in [1.82, 2.24) is 5.32 Å². The highest BCUT2D eigenvalue weighted by molar-refractivity contribution is 6.36. The Hall–Kier alpha value is -1.26. The Kier molecular flexibility index (Phi) is 6.82. The standard InChI is InChI=1S/C14H17Cl2NO3/c1-3-4-9(2)17-13(19)8-20-14-10(7-18)5-11(15)6-12(14)16/h5-7,9H,3-4,8H2,1-2H3,(H,17,19). The first-order valence-electron chi connectivity index (χ1n) is 6.34. The third-order valence-corrected chi connectivity index (χ3v) is 3.14. The zero-order valence-electron chi connectivity index (χ0n) is 11.4. The molecular weight excluding hydrogens is 301 g/mol. The molecule has 1 unspecified atom stereocenters. The third kappa shape index (κ3) is 5.02. The van der Waals surface area contributed by atoms with Gasteiger partial charge in [0.25, 0.3) is 5.91 Å². The number of carbonyl (C=O) groups is 2. The number of hydrogen-bond acceptors (Lipinski definition) is 3. The SMILES string of the molecule is CCCC(C)NC(=O)COc1c(Cl)cc(Cl)cc1C=O. The predicted molar refractivity (Wildman–Crippen MR) is 79.9 cm³/mol. The molecule has 20 heavy (non-hydrogen) atoms. The summed E-state index contributed by atoms with van der Waals surface area (Å²) >= 11 is 11.7. The molecule has 6 heteroatoms. The van der Waals surface area contributed by atoms with Crippen LogP contribution in [0.2, 0.25) is 10.0 Å². The summed E-state index contributed by atoms with van der Waals surface area (Å²) in [4.78, 5) is 22.6. The molecule has 1 atom stereocenters. The van der Waals surface area contributed by atoms with Gasteiger partial charge in [0.2, 0.25) is 0 Å². The van der Waals surface area contributed by atoms with Crippen LogP contribution in [0.15, 0.2) is 12.1 Å². The third-order valence-electron chi connectivity index (χ3n) is 2.64. The quantitative estimate of drug-likeness (QED) is 0.783. The smallest absolute Gasteiger partial charge is 0.258 e. The van der Waals surface area contributed by atoms with Gasteiger partial charge in [0.15, 0.2) is 12.9 Å². The molecular formula is C14H17Cl2NO3. The molecule has 1 aromatic carbocycles. The first-order valence-corrected chi connectivity index (χ1v) is 7.09. The second kappa shape index (κ2) is 8.12. The zero-order valence-corrected chi connectivity index (χ0v) is 12.9. The van der Waals surface area contributed by atoms with Crippen LogP contribution in [0.3, 0.4) is 0 Å². The molecule has 0 aliphatic rings. The van der Waals surface area contributed by atoms with Gasteiger partial charge in [0.1, 0.15) is 5.75 Å². The topological polar surface area (TPSA) is 55.4 Å². The highest BCUT2D eigenvalue weighted by Crippen LogP contribution is 2.31. The van der Waals surface area contributed by atoms with E-state index in [0.29, 0.717) is 11.3 Å². The number of halogens is 2. The molecule has 0 bridgehead atoms. The lowest BCUT2D eigenvalue weighted by atomic mass is 10.2. The van der Waals surface area contributed by atoms with Crippen molar-refractivity contribution in [3.8, 4) is 5.75 Å². The van der Waals surface area contributed by atoms with Gasteiger partial charge in [-0.2, -0.15) is 0 Å². The van der Waals surface area contributed by atoms with Gasteiger partial charge in [0, 0.05) is 11.1 Å². The van der Waals surface area contributed by atoms with Gasteiger partial charge in [-0.1, -0.05) is 36.5 Å². The molecule has 4 nitrogen and oxygen atoms in total. The average molecular weight is 318 g/mol. The maximum Gasteiger partial charge on any atom is 0.258 e. The van der Waals surface area contributed by atoms with Crippen molar-refractivity contribution >= 4 is 35.4 Å². The Labute approximate surface area is 128 Å². The number of rotatable bonds is 7. The van der Waals surface area contributed by atoms with Gasteiger partial charge in [-0.15, -0.1) is 0 Å². The van der Waals surface area contributed by atoms with Crippen LogP contribution in [0.1, 0.15) is 37.0 Å². The van der Waals surface area contributed by atoms with Crippen LogP contribution in [0.5, 0.6) is 5.75 Å². The Morgan fingerprint density at radius 3 is 2.75 bits per heavy atom. The Morgan fingerprint density at radius 2 is 2.15 bits per heavy atom. The monoisotopic (exact) mass is 317 g/mol. The van der Waals surface area contributed by atoms with E-state index in [1.807, 2.05) is 13.8 Å². The molecule has 0 aliphatic carbocycles. The van der Waals surface area contributed by atoms with Crippen LogP contribution < -0.4 is 10.1 Å². The van der Waals surface area contributed by atoms with Crippen LogP contribution in [0, 0.1) is 0 Å². The van der Waals surface area contributed by atoms with E-state index >= 15 is 0 Å². The van der Waals surface area contributed by atoms with E-state index in [2.05, 4.69) is 5.32 Å². The number of carbonyl (C=O) groups excluding carboxylic acids is 2. The summed E-state index contributed by atoms with van der Waals surface area (Å²) in [5.74, 6) is -0.0850. The van der Waals surface area contributed by atoms with E-state index in [-0.39, 0.29) is 34.9 Å².